The molecule has 0 aliphatic carbocycles. The van der Waals surface area contributed by atoms with Crippen molar-refractivity contribution in [3.63, 3.8) is 0 Å². The summed E-state index contributed by atoms with van der Waals surface area (Å²) < 4.78 is 2.18. The van der Waals surface area contributed by atoms with Crippen molar-refractivity contribution in [2.75, 3.05) is 0 Å². The van der Waals surface area contributed by atoms with Gasteiger partial charge >= 0.3 is 0 Å². The van der Waals surface area contributed by atoms with Crippen molar-refractivity contribution in [1.82, 2.24) is 9.99 Å². The Bertz CT molecular complexity index is 932. The molecule has 0 bridgehead atoms. The van der Waals surface area contributed by atoms with Crippen LogP contribution in [0.5, 0.6) is 5.75 Å². The minimum atomic E-state index is -0.320. The van der Waals surface area contributed by atoms with E-state index in [1.54, 1.807) is 12.1 Å². The van der Waals surface area contributed by atoms with E-state index in [0.29, 0.717) is 11.3 Å². The van der Waals surface area contributed by atoms with E-state index >= 15 is 0 Å². The third-order valence-corrected chi connectivity index (χ3v) is 4.27. The van der Waals surface area contributed by atoms with E-state index in [1.165, 1.54) is 23.5 Å². The van der Waals surface area contributed by atoms with Crippen molar-refractivity contribution in [3.05, 3.63) is 83.2 Å². The van der Waals surface area contributed by atoms with E-state index < -0.39 is 0 Å². The lowest BCUT2D eigenvalue weighted by molar-refractivity contribution is 0.0955. The molecule has 5 heteroatoms. The van der Waals surface area contributed by atoms with Crippen LogP contribution in [0.3, 0.4) is 0 Å². The van der Waals surface area contributed by atoms with Crippen molar-refractivity contribution < 1.29 is 9.90 Å². The molecule has 1 amide bonds. The molecule has 0 fully saturated rings. The molecule has 3 rings (SSSR count). The maximum Gasteiger partial charge on any atom is 0.271 e. The Balaban J connectivity index is 1.73. The number of aryl methyl sites for hydroxylation is 2. The number of phenols is 1. The Hall–Kier alpha value is -3.34. The topological polar surface area (TPSA) is 66.6 Å². The Morgan fingerprint density at radius 2 is 1.42 bits per heavy atom. The normalized spacial score (nSPS) is 11.4. The molecule has 132 valence electrons. The highest BCUT2D eigenvalue weighted by Crippen LogP contribution is 2.17. The van der Waals surface area contributed by atoms with Crippen LogP contribution in [-0.4, -0.2) is 21.3 Å². The number of benzene rings is 2. The van der Waals surface area contributed by atoms with Crippen LogP contribution in [0.4, 0.5) is 0 Å². The van der Waals surface area contributed by atoms with Crippen LogP contribution < -0.4 is 5.43 Å². The molecule has 0 spiro atoms. The SMILES string of the molecule is C/C(=N\NC(=O)c1ccc(O)cc1)c1ccc(-n2c(C)ccc2C)cc1. The molecule has 0 aliphatic rings. The van der Waals surface area contributed by atoms with Crippen molar-refractivity contribution in [3.8, 4) is 11.4 Å². The molecule has 0 atom stereocenters. The Kier molecular flexibility index (Phi) is 4.89. The van der Waals surface area contributed by atoms with Gasteiger partial charge in [-0.15, -0.1) is 0 Å². The van der Waals surface area contributed by atoms with E-state index in [9.17, 15) is 9.90 Å². The molecule has 2 N–H and O–H groups in total. The summed E-state index contributed by atoms with van der Waals surface area (Å²) in [5.74, 6) is -0.200. The second-order valence-electron chi connectivity index (χ2n) is 6.18. The van der Waals surface area contributed by atoms with Crippen molar-refractivity contribution in [1.29, 1.82) is 0 Å². The van der Waals surface area contributed by atoms with Gasteiger partial charge in [-0.3, -0.25) is 4.79 Å². The lowest BCUT2D eigenvalue weighted by Crippen LogP contribution is -2.19. The zero-order valence-electron chi connectivity index (χ0n) is 15.0. The molecule has 1 heterocycles. The molecule has 0 radical (unpaired) electrons. The lowest BCUT2D eigenvalue weighted by Gasteiger charge is -2.10. The van der Waals surface area contributed by atoms with Gasteiger partial charge in [0.1, 0.15) is 5.75 Å². The fourth-order valence-electron chi connectivity index (χ4n) is 2.80. The van der Waals surface area contributed by atoms with E-state index in [0.717, 1.165) is 11.3 Å². The number of amides is 1. The Morgan fingerprint density at radius 1 is 0.885 bits per heavy atom. The number of carbonyl (C=O) groups excluding carboxylic acids is 1. The van der Waals surface area contributed by atoms with Gasteiger partial charge in [-0.1, -0.05) is 12.1 Å². The number of aromatic nitrogens is 1. The largest absolute Gasteiger partial charge is 0.508 e. The van der Waals surface area contributed by atoms with Crippen LogP contribution in [-0.2, 0) is 0 Å². The number of phenolic OH excluding ortho intramolecular Hbond substituents is 1. The van der Waals surface area contributed by atoms with Crippen LogP contribution in [0.2, 0.25) is 0 Å². The summed E-state index contributed by atoms with van der Waals surface area (Å²) in [6.45, 7) is 6.00. The molecule has 1 aromatic heterocycles. The highest BCUT2D eigenvalue weighted by molar-refractivity contribution is 6.01. The monoisotopic (exact) mass is 347 g/mol. The first-order valence-corrected chi connectivity index (χ1v) is 8.35. The van der Waals surface area contributed by atoms with Crippen LogP contribution in [0.25, 0.3) is 5.69 Å². The van der Waals surface area contributed by atoms with Gasteiger partial charge in [-0.2, -0.15) is 5.10 Å². The third-order valence-electron chi connectivity index (χ3n) is 4.27. The summed E-state index contributed by atoms with van der Waals surface area (Å²) in [6.07, 6.45) is 0. The summed E-state index contributed by atoms with van der Waals surface area (Å²) >= 11 is 0. The predicted octanol–water partition coefficient (Wildman–Crippen LogP) is 3.95. The van der Waals surface area contributed by atoms with Crippen molar-refractivity contribution in [2.24, 2.45) is 5.10 Å². The maximum atomic E-state index is 12.1. The average Bonchev–Trinajstić information content (AvgIpc) is 2.98. The summed E-state index contributed by atoms with van der Waals surface area (Å²) in [5.41, 5.74) is 8.08. The van der Waals surface area contributed by atoms with Gasteiger partial charge in [0.2, 0.25) is 0 Å². The summed E-state index contributed by atoms with van der Waals surface area (Å²) in [5, 5.41) is 13.4. The lowest BCUT2D eigenvalue weighted by atomic mass is 10.1. The number of hydrogen-bond donors (Lipinski definition) is 2. The zero-order valence-corrected chi connectivity index (χ0v) is 15.0. The van der Waals surface area contributed by atoms with Gasteiger partial charge in [0, 0.05) is 22.6 Å². The molecule has 2 aromatic carbocycles. The van der Waals surface area contributed by atoms with Crippen LogP contribution >= 0.6 is 0 Å². The Morgan fingerprint density at radius 3 is 2.00 bits per heavy atom. The summed E-state index contributed by atoms with van der Waals surface area (Å²) in [6, 6.07) is 18.3. The fraction of sp³-hybridized carbons (Fsp3) is 0.143. The van der Waals surface area contributed by atoms with Crippen molar-refractivity contribution in [2.45, 2.75) is 20.8 Å². The number of rotatable bonds is 4. The summed E-state index contributed by atoms with van der Waals surface area (Å²) in [7, 11) is 0. The number of hydrogen-bond acceptors (Lipinski definition) is 3. The highest BCUT2D eigenvalue weighted by Gasteiger charge is 2.06. The van der Waals surface area contributed by atoms with E-state index in [2.05, 4.69) is 41.1 Å². The molecule has 0 saturated heterocycles. The van der Waals surface area contributed by atoms with Gasteiger partial charge in [0.25, 0.3) is 5.91 Å². The smallest absolute Gasteiger partial charge is 0.271 e. The first kappa shape index (κ1) is 17.5. The fourth-order valence-corrected chi connectivity index (χ4v) is 2.80. The van der Waals surface area contributed by atoms with Gasteiger partial charge in [-0.25, -0.2) is 5.43 Å². The minimum Gasteiger partial charge on any atom is -0.508 e. The van der Waals surface area contributed by atoms with Gasteiger partial charge in [-0.05, 0) is 74.9 Å². The second kappa shape index (κ2) is 7.27. The Labute approximate surface area is 152 Å². The van der Waals surface area contributed by atoms with Gasteiger partial charge < -0.3 is 9.67 Å². The number of hydrazone groups is 1. The van der Waals surface area contributed by atoms with Crippen LogP contribution in [0.15, 0.2) is 65.8 Å². The number of aromatic hydroxyl groups is 1. The average molecular weight is 347 g/mol. The molecule has 0 saturated carbocycles. The number of nitrogens with zero attached hydrogens (tertiary/aromatic N) is 2. The third kappa shape index (κ3) is 3.67. The second-order valence-corrected chi connectivity index (χ2v) is 6.18. The molecule has 26 heavy (non-hydrogen) atoms. The highest BCUT2D eigenvalue weighted by atomic mass is 16.3. The minimum absolute atomic E-state index is 0.120. The number of carbonyl (C=O) groups is 1. The predicted molar refractivity (Wildman–Crippen MR) is 103 cm³/mol. The van der Waals surface area contributed by atoms with E-state index in [4.69, 9.17) is 0 Å². The molecule has 0 unspecified atom stereocenters. The quantitative estimate of drug-likeness (QED) is 0.554. The molecule has 3 aromatic rings. The van der Waals surface area contributed by atoms with E-state index in [-0.39, 0.29) is 11.7 Å². The first-order valence-electron chi connectivity index (χ1n) is 8.35. The molecule has 5 nitrogen and oxygen atoms in total. The maximum absolute atomic E-state index is 12.1. The van der Waals surface area contributed by atoms with Gasteiger partial charge in [0.05, 0.1) is 5.71 Å². The van der Waals surface area contributed by atoms with E-state index in [1.807, 2.05) is 31.2 Å². The molecular formula is C21H21N3O2. The van der Waals surface area contributed by atoms with Crippen LogP contribution in [0, 0.1) is 13.8 Å². The molecule has 0 aliphatic heterocycles. The van der Waals surface area contributed by atoms with Gasteiger partial charge in [0.15, 0.2) is 0 Å². The zero-order chi connectivity index (χ0) is 18.7. The number of nitrogens with one attached hydrogen (secondary N) is 1. The molecular weight excluding hydrogens is 326 g/mol. The first-order chi connectivity index (χ1) is 12.5. The van der Waals surface area contributed by atoms with Crippen molar-refractivity contribution >= 4 is 11.6 Å². The standard InChI is InChI=1S/C21H21N3O2/c1-14-4-5-15(2)24(14)19-10-6-17(7-11-19)16(3)22-23-21(26)18-8-12-20(25)13-9-18/h4-13,25H,1-3H3,(H,23,26)/b22-16+. The summed E-state index contributed by atoms with van der Waals surface area (Å²) in [4.78, 5) is 12.1. The van der Waals surface area contributed by atoms with Crippen LogP contribution in [0.1, 0.15) is 34.2 Å².